The topological polar surface area (TPSA) is 74.4 Å². The molecule has 2 N–H and O–H groups in total. The van der Waals surface area contributed by atoms with Gasteiger partial charge in [-0.05, 0) is 25.5 Å². The highest BCUT2D eigenvalue weighted by molar-refractivity contribution is 6.32. The lowest BCUT2D eigenvalue weighted by Gasteiger charge is -2.14. The molecule has 2 rings (SSSR count). The Balaban J connectivity index is 2.59. The van der Waals surface area contributed by atoms with Crippen LogP contribution in [0.4, 0.5) is 14.5 Å². The Bertz CT molecular complexity index is 844. The van der Waals surface area contributed by atoms with Gasteiger partial charge in [-0.15, -0.1) is 0 Å². The van der Waals surface area contributed by atoms with Gasteiger partial charge < -0.3 is 15.2 Å². The highest BCUT2D eigenvalue weighted by Crippen LogP contribution is 2.37. The number of ether oxygens (including phenoxy) is 2. The van der Waals surface area contributed by atoms with Gasteiger partial charge in [0.1, 0.15) is 5.69 Å². The number of hydrogen-bond donors (Lipinski definition) is 1. The second-order valence-electron chi connectivity index (χ2n) is 5.59. The number of anilines is 1. The average Bonchev–Trinajstić information content (AvgIpc) is 2.61. The van der Waals surface area contributed by atoms with Gasteiger partial charge in [-0.2, -0.15) is 0 Å². The summed E-state index contributed by atoms with van der Waals surface area (Å²) in [6.45, 7) is 3.60. The summed E-state index contributed by atoms with van der Waals surface area (Å²) in [5.41, 5.74) is 4.79. The predicted octanol–water partition coefficient (Wildman–Crippen LogP) is 4.54. The van der Waals surface area contributed by atoms with Crippen molar-refractivity contribution in [1.82, 2.24) is 4.98 Å². The number of carbonyl (C=O) groups excluding carboxylic acids is 1. The standard InChI is InChI=1S/C18H19ClF2N2O3/c1-4-5-8-26-18(24)15-9(2)14(22)13(21)16(23-15)10-6-7-11(19)17(25-3)12(10)20/h6-7H,4-5,8H2,1-3H3,(H2,22,23). The van der Waals surface area contributed by atoms with E-state index in [0.29, 0.717) is 6.42 Å². The predicted molar refractivity (Wildman–Crippen MR) is 95.5 cm³/mol. The van der Waals surface area contributed by atoms with Crippen molar-refractivity contribution in [1.29, 1.82) is 0 Å². The molecule has 2 aromatic rings. The van der Waals surface area contributed by atoms with Crippen LogP contribution < -0.4 is 10.5 Å². The molecule has 0 saturated carbocycles. The summed E-state index contributed by atoms with van der Waals surface area (Å²) >= 11 is 5.86. The van der Waals surface area contributed by atoms with E-state index in [-0.39, 0.29) is 39.9 Å². The monoisotopic (exact) mass is 384 g/mol. The van der Waals surface area contributed by atoms with Crippen molar-refractivity contribution < 1.29 is 23.0 Å². The molecule has 0 bridgehead atoms. The average molecular weight is 385 g/mol. The number of unbranched alkanes of at least 4 members (excludes halogenated alkanes) is 1. The first kappa shape index (κ1) is 19.9. The van der Waals surface area contributed by atoms with Gasteiger partial charge >= 0.3 is 5.97 Å². The van der Waals surface area contributed by atoms with Gasteiger partial charge in [0.2, 0.25) is 0 Å². The van der Waals surface area contributed by atoms with Gasteiger partial charge in [0.05, 0.1) is 24.4 Å². The van der Waals surface area contributed by atoms with Gasteiger partial charge in [0.15, 0.2) is 23.1 Å². The van der Waals surface area contributed by atoms with Gasteiger partial charge in [0, 0.05) is 11.1 Å². The molecule has 0 aliphatic rings. The molecular weight excluding hydrogens is 366 g/mol. The zero-order valence-electron chi connectivity index (χ0n) is 14.7. The number of hydrogen-bond acceptors (Lipinski definition) is 5. The van der Waals surface area contributed by atoms with Crippen molar-refractivity contribution in [2.45, 2.75) is 26.7 Å². The van der Waals surface area contributed by atoms with Crippen LogP contribution in [0.15, 0.2) is 12.1 Å². The Labute approximate surface area is 155 Å². The number of nitrogens with two attached hydrogens (primary N) is 1. The molecule has 0 atom stereocenters. The number of pyridine rings is 1. The number of methoxy groups -OCH3 is 1. The first-order valence-corrected chi connectivity index (χ1v) is 8.36. The fourth-order valence-corrected chi connectivity index (χ4v) is 2.54. The van der Waals surface area contributed by atoms with Crippen LogP contribution >= 0.6 is 11.6 Å². The molecule has 5 nitrogen and oxygen atoms in total. The normalized spacial score (nSPS) is 10.7. The number of carbonyl (C=O) groups is 1. The van der Waals surface area contributed by atoms with Gasteiger partial charge in [-0.1, -0.05) is 24.9 Å². The molecule has 0 fully saturated rings. The van der Waals surface area contributed by atoms with Crippen LogP contribution in [0.2, 0.25) is 5.02 Å². The molecule has 1 heterocycles. The molecule has 26 heavy (non-hydrogen) atoms. The maximum atomic E-state index is 14.6. The second kappa shape index (κ2) is 8.31. The molecule has 0 aliphatic heterocycles. The fourth-order valence-electron chi connectivity index (χ4n) is 2.32. The van der Waals surface area contributed by atoms with Gasteiger partial charge in [-0.3, -0.25) is 0 Å². The maximum Gasteiger partial charge on any atom is 0.357 e. The fraction of sp³-hybridized carbons (Fsp3) is 0.333. The molecule has 0 spiro atoms. The lowest BCUT2D eigenvalue weighted by molar-refractivity contribution is 0.0492. The number of benzene rings is 1. The number of rotatable bonds is 6. The Kier molecular flexibility index (Phi) is 6.37. The molecule has 0 unspecified atom stereocenters. The zero-order chi connectivity index (χ0) is 19.4. The smallest absolute Gasteiger partial charge is 0.357 e. The third kappa shape index (κ3) is 3.72. The van der Waals surface area contributed by atoms with Crippen molar-refractivity contribution in [2.75, 3.05) is 19.5 Å². The van der Waals surface area contributed by atoms with Crippen molar-refractivity contribution in [3.63, 3.8) is 0 Å². The summed E-state index contributed by atoms with van der Waals surface area (Å²) in [7, 11) is 1.23. The molecule has 0 amide bonds. The molecule has 0 aliphatic carbocycles. The Morgan fingerprint density at radius 1 is 1.31 bits per heavy atom. The number of halogens is 3. The van der Waals surface area contributed by atoms with E-state index in [0.717, 1.165) is 6.42 Å². The summed E-state index contributed by atoms with van der Waals surface area (Å²) in [5, 5.41) is 0.0217. The van der Waals surface area contributed by atoms with E-state index in [1.54, 1.807) is 0 Å². The molecule has 1 aromatic heterocycles. The lowest BCUT2D eigenvalue weighted by atomic mass is 10.1. The molecule has 8 heteroatoms. The minimum absolute atomic E-state index is 0.0217. The number of nitrogens with zero attached hydrogens (tertiary/aromatic N) is 1. The van der Waals surface area contributed by atoms with Crippen molar-refractivity contribution in [3.05, 3.63) is 40.0 Å². The van der Waals surface area contributed by atoms with E-state index in [1.807, 2.05) is 6.92 Å². The largest absolute Gasteiger partial charge is 0.492 e. The van der Waals surface area contributed by atoms with Crippen molar-refractivity contribution in [3.8, 4) is 17.0 Å². The minimum atomic E-state index is -0.934. The summed E-state index contributed by atoms with van der Waals surface area (Å²) < 4.78 is 39.3. The lowest BCUT2D eigenvalue weighted by Crippen LogP contribution is -2.14. The molecular formula is C18H19ClF2N2O3. The third-order valence-corrected chi connectivity index (χ3v) is 4.16. The SMILES string of the molecule is CCCCOC(=O)c1nc(-c2ccc(Cl)c(OC)c2F)c(F)c(N)c1C. The molecule has 1 aromatic carbocycles. The molecule has 0 radical (unpaired) electrons. The van der Waals surface area contributed by atoms with E-state index in [1.165, 1.54) is 26.2 Å². The van der Waals surface area contributed by atoms with Crippen LogP contribution in [-0.2, 0) is 4.74 Å². The summed E-state index contributed by atoms with van der Waals surface area (Å²) in [4.78, 5) is 16.2. The highest BCUT2D eigenvalue weighted by Gasteiger charge is 2.25. The first-order chi connectivity index (χ1) is 12.3. The van der Waals surface area contributed by atoms with Crippen LogP contribution in [0.3, 0.4) is 0 Å². The van der Waals surface area contributed by atoms with Crippen LogP contribution in [0.25, 0.3) is 11.3 Å². The van der Waals surface area contributed by atoms with E-state index in [4.69, 9.17) is 26.8 Å². The summed E-state index contributed by atoms with van der Waals surface area (Å²) in [6.07, 6.45) is 1.52. The van der Waals surface area contributed by atoms with E-state index < -0.39 is 23.3 Å². The highest BCUT2D eigenvalue weighted by atomic mass is 35.5. The molecule has 140 valence electrons. The Hall–Kier alpha value is -2.41. The van der Waals surface area contributed by atoms with E-state index >= 15 is 0 Å². The number of esters is 1. The van der Waals surface area contributed by atoms with E-state index in [9.17, 15) is 13.6 Å². The third-order valence-electron chi connectivity index (χ3n) is 3.86. The first-order valence-electron chi connectivity index (χ1n) is 7.98. The zero-order valence-corrected chi connectivity index (χ0v) is 15.4. The summed E-state index contributed by atoms with van der Waals surface area (Å²) in [6, 6.07) is 2.59. The van der Waals surface area contributed by atoms with Gasteiger partial charge in [0.25, 0.3) is 0 Å². The number of aromatic nitrogens is 1. The van der Waals surface area contributed by atoms with E-state index in [2.05, 4.69) is 4.98 Å². The van der Waals surface area contributed by atoms with Crippen molar-refractivity contribution in [2.24, 2.45) is 0 Å². The quantitative estimate of drug-likeness (QED) is 0.584. The maximum absolute atomic E-state index is 14.6. The number of nitrogen functional groups attached to an aromatic ring is 1. The van der Waals surface area contributed by atoms with Crippen LogP contribution in [0.1, 0.15) is 35.8 Å². The minimum Gasteiger partial charge on any atom is -0.492 e. The Morgan fingerprint density at radius 3 is 2.62 bits per heavy atom. The van der Waals surface area contributed by atoms with Crippen LogP contribution in [-0.4, -0.2) is 24.7 Å². The van der Waals surface area contributed by atoms with Crippen LogP contribution in [0.5, 0.6) is 5.75 Å². The molecule has 0 saturated heterocycles. The Morgan fingerprint density at radius 2 is 2.00 bits per heavy atom. The van der Waals surface area contributed by atoms with Crippen molar-refractivity contribution >= 4 is 23.3 Å². The van der Waals surface area contributed by atoms with Gasteiger partial charge in [-0.25, -0.2) is 18.6 Å². The van der Waals surface area contributed by atoms with Crippen LogP contribution in [0, 0.1) is 18.6 Å². The second-order valence-corrected chi connectivity index (χ2v) is 6.00. The summed E-state index contributed by atoms with van der Waals surface area (Å²) in [5.74, 6) is -2.84.